The first-order valence-corrected chi connectivity index (χ1v) is 8.08. The minimum absolute atomic E-state index is 0.126. The van der Waals surface area contributed by atoms with Gasteiger partial charge in [0.1, 0.15) is 12.6 Å². The summed E-state index contributed by atoms with van der Waals surface area (Å²) in [5, 5.41) is 15.4. The third kappa shape index (κ3) is 10.0. The molecule has 8 N–H and O–H groups in total. The van der Waals surface area contributed by atoms with Crippen molar-refractivity contribution in [3.63, 3.8) is 0 Å². The number of thiol groups is 1. The molecule has 0 aliphatic heterocycles. The molecule has 0 aromatic rings. The topological polar surface area (TPSA) is 177 Å². The fourth-order valence-corrected chi connectivity index (χ4v) is 1.82. The maximum absolute atomic E-state index is 12.1. The number of carboxylic acids is 1. The zero-order valence-electron chi connectivity index (χ0n) is 13.3. The molecule has 0 saturated heterocycles. The van der Waals surface area contributed by atoms with Crippen LogP contribution in [0.25, 0.3) is 0 Å². The number of hydrogen-bond donors (Lipinski definition) is 7. The second-order valence-corrected chi connectivity index (χ2v) is 5.39. The number of nitrogens with one attached hydrogen (secondary N) is 3. The zero-order valence-corrected chi connectivity index (χ0v) is 14.2. The summed E-state index contributed by atoms with van der Waals surface area (Å²) < 4.78 is 0. The minimum Gasteiger partial charge on any atom is -0.480 e. The third-order valence-corrected chi connectivity index (χ3v) is 3.37. The Labute approximate surface area is 145 Å². The molecule has 0 aromatic carbocycles. The van der Waals surface area contributed by atoms with Crippen LogP contribution in [-0.4, -0.2) is 66.3 Å². The van der Waals surface area contributed by atoms with Gasteiger partial charge in [0, 0.05) is 5.75 Å². The van der Waals surface area contributed by atoms with Crippen molar-refractivity contribution < 1.29 is 24.3 Å². The predicted molar refractivity (Wildman–Crippen MR) is 90.3 cm³/mol. The SMILES string of the molecule is NCCCC[C@H](NC(=O)[C@@H](N)CS)C(=O)NCC(=O)NCC(=O)O. The van der Waals surface area contributed by atoms with E-state index in [4.69, 9.17) is 16.6 Å². The van der Waals surface area contributed by atoms with Crippen molar-refractivity contribution >= 4 is 36.3 Å². The molecule has 0 unspecified atom stereocenters. The van der Waals surface area contributed by atoms with Crippen LogP contribution >= 0.6 is 12.6 Å². The molecule has 0 heterocycles. The quantitative estimate of drug-likeness (QED) is 0.144. The van der Waals surface area contributed by atoms with Gasteiger partial charge in [-0.3, -0.25) is 19.2 Å². The van der Waals surface area contributed by atoms with E-state index in [0.717, 1.165) is 0 Å². The Morgan fingerprint density at radius 2 is 1.71 bits per heavy atom. The van der Waals surface area contributed by atoms with E-state index in [1.807, 2.05) is 0 Å². The van der Waals surface area contributed by atoms with Crippen LogP contribution in [0.1, 0.15) is 19.3 Å². The van der Waals surface area contributed by atoms with E-state index in [2.05, 4.69) is 28.6 Å². The normalized spacial score (nSPS) is 12.8. The average molecular weight is 363 g/mol. The van der Waals surface area contributed by atoms with Gasteiger partial charge in [-0.1, -0.05) is 0 Å². The van der Waals surface area contributed by atoms with Crippen molar-refractivity contribution in [1.29, 1.82) is 0 Å². The number of hydrogen-bond acceptors (Lipinski definition) is 7. The van der Waals surface area contributed by atoms with Gasteiger partial charge in [-0.05, 0) is 25.8 Å². The maximum atomic E-state index is 12.1. The fraction of sp³-hybridized carbons (Fsp3) is 0.692. The number of rotatable bonds is 12. The Hall–Kier alpha value is -1.85. The van der Waals surface area contributed by atoms with Gasteiger partial charge in [-0.25, -0.2) is 0 Å². The number of carbonyl (C=O) groups is 4. The van der Waals surface area contributed by atoms with Gasteiger partial charge in [-0.15, -0.1) is 0 Å². The van der Waals surface area contributed by atoms with Crippen LogP contribution in [0.15, 0.2) is 0 Å². The zero-order chi connectivity index (χ0) is 18.5. The first-order valence-electron chi connectivity index (χ1n) is 7.44. The van der Waals surface area contributed by atoms with Crippen LogP contribution in [0.3, 0.4) is 0 Å². The van der Waals surface area contributed by atoms with E-state index < -0.39 is 48.9 Å². The van der Waals surface area contributed by atoms with Gasteiger partial charge >= 0.3 is 5.97 Å². The molecule has 0 aliphatic carbocycles. The molecule has 0 spiro atoms. The average Bonchev–Trinajstić information content (AvgIpc) is 2.55. The lowest BCUT2D eigenvalue weighted by Gasteiger charge is -2.20. The lowest BCUT2D eigenvalue weighted by Crippen LogP contribution is -2.53. The van der Waals surface area contributed by atoms with Gasteiger partial charge < -0.3 is 32.5 Å². The molecule has 10 nitrogen and oxygen atoms in total. The number of aliphatic carboxylic acids is 1. The number of carboxylic acid groups (broad SMARTS) is 1. The molecule has 0 radical (unpaired) electrons. The Morgan fingerprint density at radius 3 is 2.25 bits per heavy atom. The van der Waals surface area contributed by atoms with E-state index in [1.165, 1.54) is 0 Å². The van der Waals surface area contributed by atoms with Gasteiger partial charge in [0.25, 0.3) is 0 Å². The molecule has 0 fully saturated rings. The molecule has 11 heteroatoms. The predicted octanol–water partition coefficient (Wildman–Crippen LogP) is -2.83. The summed E-state index contributed by atoms with van der Waals surface area (Å²) >= 11 is 3.92. The van der Waals surface area contributed by atoms with Crippen molar-refractivity contribution in [2.45, 2.75) is 31.3 Å². The molecule has 24 heavy (non-hydrogen) atoms. The van der Waals surface area contributed by atoms with E-state index in [1.54, 1.807) is 0 Å². The maximum Gasteiger partial charge on any atom is 0.322 e. The minimum atomic E-state index is -1.19. The third-order valence-electron chi connectivity index (χ3n) is 2.97. The second kappa shape index (κ2) is 12.6. The molecule has 138 valence electrons. The number of nitrogens with two attached hydrogens (primary N) is 2. The van der Waals surface area contributed by atoms with Crippen LogP contribution in [0.5, 0.6) is 0 Å². The highest BCUT2D eigenvalue weighted by atomic mass is 32.1. The molecule has 0 saturated carbocycles. The van der Waals surface area contributed by atoms with Crippen LogP contribution in [0.4, 0.5) is 0 Å². The standard InChI is InChI=1S/C13H25N5O5S/c14-4-2-1-3-9(18-12(22)8(15)7-24)13(23)17-5-10(19)16-6-11(20)21/h8-9,24H,1-7,14-15H2,(H,16,19)(H,17,23)(H,18,22)(H,20,21)/t8-,9-/m0/s1. The van der Waals surface area contributed by atoms with Crippen LogP contribution in [0, 0.1) is 0 Å². The van der Waals surface area contributed by atoms with Crippen LogP contribution < -0.4 is 27.4 Å². The van der Waals surface area contributed by atoms with Crippen molar-refractivity contribution in [3.05, 3.63) is 0 Å². The molecule has 0 rings (SSSR count). The molecular formula is C13H25N5O5S. The molecule has 0 aromatic heterocycles. The first-order chi connectivity index (χ1) is 11.3. The van der Waals surface area contributed by atoms with Gasteiger partial charge in [0.2, 0.25) is 17.7 Å². The number of unbranched alkanes of at least 4 members (excludes halogenated alkanes) is 1. The van der Waals surface area contributed by atoms with E-state index in [0.29, 0.717) is 25.8 Å². The largest absolute Gasteiger partial charge is 0.480 e. The smallest absolute Gasteiger partial charge is 0.322 e. The molecule has 2 atom stereocenters. The summed E-state index contributed by atoms with van der Waals surface area (Å²) in [6, 6.07) is -1.71. The Morgan fingerprint density at radius 1 is 1.04 bits per heavy atom. The van der Waals surface area contributed by atoms with E-state index in [9.17, 15) is 19.2 Å². The molecular weight excluding hydrogens is 338 g/mol. The van der Waals surface area contributed by atoms with Gasteiger partial charge in [0.05, 0.1) is 12.6 Å². The lowest BCUT2D eigenvalue weighted by molar-refractivity contribution is -0.138. The van der Waals surface area contributed by atoms with Gasteiger partial charge in [-0.2, -0.15) is 12.6 Å². The highest BCUT2D eigenvalue weighted by molar-refractivity contribution is 7.80. The first kappa shape index (κ1) is 22.1. The summed E-state index contributed by atoms with van der Waals surface area (Å²) in [4.78, 5) is 45.6. The Balaban J connectivity index is 4.52. The Bertz CT molecular complexity index is 448. The fourth-order valence-electron chi connectivity index (χ4n) is 1.65. The second-order valence-electron chi connectivity index (χ2n) is 5.02. The summed E-state index contributed by atoms with van der Waals surface area (Å²) in [6.45, 7) is -0.480. The Kier molecular flexibility index (Phi) is 11.6. The lowest BCUT2D eigenvalue weighted by atomic mass is 10.1. The number of carbonyl (C=O) groups excluding carboxylic acids is 3. The summed E-state index contributed by atoms with van der Waals surface area (Å²) in [5.41, 5.74) is 10.9. The van der Waals surface area contributed by atoms with Crippen molar-refractivity contribution in [1.82, 2.24) is 16.0 Å². The van der Waals surface area contributed by atoms with Crippen molar-refractivity contribution in [2.75, 3.05) is 25.4 Å². The van der Waals surface area contributed by atoms with Gasteiger partial charge in [0.15, 0.2) is 0 Å². The molecule has 0 aliphatic rings. The summed E-state index contributed by atoms with van der Waals surface area (Å²) in [7, 11) is 0. The highest BCUT2D eigenvalue weighted by Gasteiger charge is 2.23. The number of amides is 3. The monoisotopic (exact) mass is 363 g/mol. The van der Waals surface area contributed by atoms with Crippen molar-refractivity contribution in [3.8, 4) is 0 Å². The summed E-state index contributed by atoms with van der Waals surface area (Å²) in [6.07, 6.45) is 1.62. The van der Waals surface area contributed by atoms with E-state index >= 15 is 0 Å². The van der Waals surface area contributed by atoms with Crippen molar-refractivity contribution in [2.24, 2.45) is 11.5 Å². The van der Waals surface area contributed by atoms with Crippen LogP contribution in [-0.2, 0) is 19.2 Å². The highest BCUT2D eigenvalue weighted by Crippen LogP contribution is 2.01. The molecule has 3 amide bonds. The summed E-state index contributed by atoms with van der Waals surface area (Å²) in [5.74, 6) is -2.79. The van der Waals surface area contributed by atoms with Crippen LogP contribution in [0.2, 0.25) is 0 Å². The van der Waals surface area contributed by atoms with E-state index in [-0.39, 0.29) is 5.75 Å². The molecule has 0 bridgehead atoms.